The molecule has 1 saturated heterocycles. The zero-order chi connectivity index (χ0) is 13.1. The average Bonchev–Trinajstić information content (AvgIpc) is 2.72. The molecular formula is C12H22N2O3. The maximum Gasteiger partial charge on any atom is 0.328 e. The number of amides is 1. The van der Waals surface area contributed by atoms with Crippen molar-refractivity contribution in [2.45, 2.75) is 51.1 Å². The summed E-state index contributed by atoms with van der Waals surface area (Å²) < 4.78 is 4.70. The van der Waals surface area contributed by atoms with Gasteiger partial charge in [0.2, 0.25) is 5.91 Å². The lowest BCUT2D eigenvalue weighted by atomic mass is 9.99. The molecule has 1 heterocycles. The number of nitrogens with zero attached hydrogens (tertiary/aromatic N) is 1. The molecule has 0 bridgehead atoms. The van der Waals surface area contributed by atoms with E-state index in [0.29, 0.717) is 25.8 Å². The van der Waals surface area contributed by atoms with Crippen LogP contribution in [0.5, 0.6) is 0 Å². The molecule has 1 amide bonds. The third-order valence-electron chi connectivity index (χ3n) is 3.03. The van der Waals surface area contributed by atoms with Gasteiger partial charge in [-0.25, -0.2) is 4.79 Å². The van der Waals surface area contributed by atoms with E-state index in [1.807, 2.05) is 13.8 Å². The summed E-state index contributed by atoms with van der Waals surface area (Å²) in [7, 11) is 1.35. The Hall–Kier alpha value is -1.10. The van der Waals surface area contributed by atoms with E-state index in [2.05, 4.69) is 0 Å². The van der Waals surface area contributed by atoms with Crippen LogP contribution in [0.2, 0.25) is 0 Å². The van der Waals surface area contributed by atoms with Crippen LogP contribution in [0.25, 0.3) is 0 Å². The van der Waals surface area contributed by atoms with E-state index < -0.39 is 6.04 Å². The summed E-state index contributed by atoms with van der Waals surface area (Å²) in [5.74, 6) is -0.320. The van der Waals surface area contributed by atoms with Gasteiger partial charge in [-0.05, 0) is 33.1 Å². The molecule has 98 valence electrons. The van der Waals surface area contributed by atoms with Gasteiger partial charge in [0.05, 0.1) is 7.11 Å². The molecule has 1 fully saturated rings. The fourth-order valence-electron chi connectivity index (χ4n) is 2.02. The largest absolute Gasteiger partial charge is 0.467 e. The third kappa shape index (κ3) is 4.00. The van der Waals surface area contributed by atoms with Gasteiger partial charge in [-0.2, -0.15) is 0 Å². The van der Waals surface area contributed by atoms with Gasteiger partial charge in [0, 0.05) is 18.5 Å². The first-order valence-electron chi connectivity index (χ1n) is 6.01. The molecule has 0 aromatic heterocycles. The molecule has 5 nitrogen and oxygen atoms in total. The van der Waals surface area contributed by atoms with Crippen molar-refractivity contribution in [3.63, 3.8) is 0 Å². The highest BCUT2D eigenvalue weighted by molar-refractivity contribution is 5.85. The lowest BCUT2D eigenvalue weighted by Gasteiger charge is -2.24. The number of methoxy groups -OCH3 is 1. The zero-order valence-electron chi connectivity index (χ0n) is 10.9. The number of likely N-dealkylation sites (tertiary alicyclic amines) is 1. The van der Waals surface area contributed by atoms with Crippen LogP contribution in [0, 0.1) is 0 Å². The number of hydrogen-bond donors (Lipinski definition) is 1. The molecular weight excluding hydrogens is 220 g/mol. The van der Waals surface area contributed by atoms with Crippen LogP contribution >= 0.6 is 0 Å². The number of carbonyl (C=O) groups is 2. The Morgan fingerprint density at radius 1 is 1.47 bits per heavy atom. The summed E-state index contributed by atoms with van der Waals surface area (Å²) in [4.78, 5) is 25.1. The van der Waals surface area contributed by atoms with E-state index >= 15 is 0 Å². The molecule has 1 aliphatic rings. The summed E-state index contributed by atoms with van der Waals surface area (Å²) in [6.45, 7) is 4.42. The average molecular weight is 242 g/mol. The highest BCUT2D eigenvalue weighted by Gasteiger charge is 2.34. The van der Waals surface area contributed by atoms with Gasteiger partial charge in [-0.15, -0.1) is 0 Å². The Labute approximate surface area is 102 Å². The first-order valence-corrected chi connectivity index (χ1v) is 6.01. The highest BCUT2D eigenvalue weighted by atomic mass is 16.5. The van der Waals surface area contributed by atoms with Crippen LogP contribution in [-0.4, -0.2) is 42.0 Å². The summed E-state index contributed by atoms with van der Waals surface area (Å²) in [5.41, 5.74) is 5.49. The SMILES string of the molecule is COC(=O)C1CCCN1C(=O)CCC(C)(C)N. The molecule has 0 aromatic rings. The molecule has 0 aromatic carbocycles. The van der Waals surface area contributed by atoms with Gasteiger partial charge < -0.3 is 15.4 Å². The van der Waals surface area contributed by atoms with E-state index in [-0.39, 0.29) is 17.4 Å². The van der Waals surface area contributed by atoms with E-state index in [4.69, 9.17) is 10.5 Å². The first kappa shape index (κ1) is 14.0. The van der Waals surface area contributed by atoms with Crippen molar-refractivity contribution in [3.05, 3.63) is 0 Å². The molecule has 2 N–H and O–H groups in total. The van der Waals surface area contributed by atoms with Crippen LogP contribution in [0.1, 0.15) is 39.5 Å². The number of ether oxygens (including phenoxy) is 1. The van der Waals surface area contributed by atoms with Gasteiger partial charge >= 0.3 is 5.97 Å². The lowest BCUT2D eigenvalue weighted by molar-refractivity contribution is -0.151. The number of carbonyl (C=O) groups excluding carboxylic acids is 2. The van der Waals surface area contributed by atoms with Crippen LogP contribution in [0.3, 0.4) is 0 Å². The molecule has 1 unspecified atom stereocenters. The minimum Gasteiger partial charge on any atom is -0.467 e. The topological polar surface area (TPSA) is 72.6 Å². The van der Waals surface area contributed by atoms with Crippen molar-refractivity contribution >= 4 is 11.9 Å². The second kappa shape index (κ2) is 5.49. The second-order valence-corrected chi connectivity index (χ2v) is 5.26. The Kier molecular flexibility index (Phi) is 4.51. The van der Waals surface area contributed by atoms with Crippen molar-refractivity contribution in [1.29, 1.82) is 0 Å². The maximum absolute atomic E-state index is 12.0. The normalized spacial score (nSPS) is 20.5. The molecule has 1 aliphatic heterocycles. The number of esters is 1. The van der Waals surface area contributed by atoms with Gasteiger partial charge in [0.1, 0.15) is 6.04 Å². The molecule has 17 heavy (non-hydrogen) atoms. The van der Waals surface area contributed by atoms with Crippen molar-refractivity contribution in [3.8, 4) is 0 Å². The minimum atomic E-state index is -0.395. The van der Waals surface area contributed by atoms with Crippen molar-refractivity contribution < 1.29 is 14.3 Å². The predicted octanol–water partition coefficient (Wildman–Crippen LogP) is 0.668. The van der Waals surface area contributed by atoms with E-state index in [0.717, 1.165) is 6.42 Å². The number of nitrogens with two attached hydrogens (primary N) is 1. The van der Waals surface area contributed by atoms with Crippen LogP contribution < -0.4 is 5.73 Å². The summed E-state index contributed by atoms with van der Waals surface area (Å²) >= 11 is 0. The Morgan fingerprint density at radius 2 is 2.12 bits per heavy atom. The fraction of sp³-hybridized carbons (Fsp3) is 0.833. The molecule has 0 saturated carbocycles. The summed E-state index contributed by atoms with van der Waals surface area (Å²) in [6, 6.07) is -0.395. The van der Waals surface area contributed by atoms with Crippen molar-refractivity contribution in [1.82, 2.24) is 4.90 Å². The zero-order valence-corrected chi connectivity index (χ0v) is 10.9. The molecule has 0 radical (unpaired) electrons. The molecule has 1 rings (SSSR count). The second-order valence-electron chi connectivity index (χ2n) is 5.26. The van der Waals surface area contributed by atoms with E-state index in [1.54, 1.807) is 4.90 Å². The van der Waals surface area contributed by atoms with Crippen LogP contribution in [0.4, 0.5) is 0 Å². The van der Waals surface area contributed by atoms with E-state index in [1.165, 1.54) is 7.11 Å². The molecule has 1 atom stereocenters. The third-order valence-corrected chi connectivity index (χ3v) is 3.03. The monoisotopic (exact) mass is 242 g/mol. The Morgan fingerprint density at radius 3 is 2.65 bits per heavy atom. The quantitative estimate of drug-likeness (QED) is 0.735. The van der Waals surface area contributed by atoms with Gasteiger partial charge in [-0.1, -0.05) is 0 Å². The fourth-order valence-corrected chi connectivity index (χ4v) is 2.02. The Bertz CT molecular complexity index is 297. The van der Waals surface area contributed by atoms with E-state index in [9.17, 15) is 9.59 Å². The van der Waals surface area contributed by atoms with Crippen LogP contribution in [0.15, 0.2) is 0 Å². The van der Waals surface area contributed by atoms with Gasteiger partial charge in [0.15, 0.2) is 0 Å². The summed E-state index contributed by atoms with van der Waals surface area (Å²) in [5, 5.41) is 0. The predicted molar refractivity (Wildman–Crippen MR) is 64.3 cm³/mol. The number of rotatable bonds is 4. The smallest absolute Gasteiger partial charge is 0.328 e. The highest BCUT2D eigenvalue weighted by Crippen LogP contribution is 2.20. The Balaban J connectivity index is 2.53. The molecule has 5 heteroatoms. The van der Waals surface area contributed by atoms with Crippen molar-refractivity contribution in [2.75, 3.05) is 13.7 Å². The lowest BCUT2D eigenvalue weighted by Crippen LogP contribution is -2.42. The minimum absolute atomic E-state index is 0.00331. The maximum atomic E-state index is 12.0. The van der Waals surface area contributed by atoms with Crippen LogP contribution in [-0.2, 0) is 14.3 Å². The summed E-state index contributed by atoms with van der Waals surface area (Å²) in [6.07, 6.45) is 2.56. The molecule has 0 spiro atoms. The standard InChI is InChI=1S/C12H22N2O3/c1-12(2,13)7-6-10(15)14-8-4-5-9(14)11(16)17-3/h9H,4-8,13H2,1-3H3. The van der Waals surface area contributed by atoms with Gasteiger partial charge in [0.25, 0.3) is 0 Å². The van der Waals surface area contributed by atoms with Gasteiger partial charge in [-0.3, -0.25) is 4.79 Å². The number of hydrogen-bond acceptors (Lipinski definition) is 4. The van der Waals surface area contributed by atoms with Crippen molar-refractivity contribution in [2.24, 2.45) is 5.73 Å². The molecule has 0 aliphatic carbocycles. The first-order chi connectivity index (χ1) is 7.85.